The number of fused-ring (bicyclic) bond motifs is 3. The highest BCUT2D eigenvalue weighted by Gasteiger charge is 2.48. The zero-order valence-electron chi connectivity index (χ0n) is 19.3. The summed E-state index contributed by atoms with van der Waals surface area (Å²) in [6.07, 6.45) is 12.3. The highest BCUT2D eigenvalue weighted by Crippen LogP contribution is 2.33. The topological polar surface area (TPSA) is 70.7 Å². The van der Waals surface area contributed by atoms with Crippen molar-refractivity contribution in [2.24, 2.45) is 0 Å². The Bertz CT molecular complexity index is 965. The van der Waals surface area contributed by atoms with E-state index in [1.807, 2.05) is 28.5 Å². The monoisotopic (exact) mass is 440 g/mol. The van der Waals surface area contributed by atoms with Crippen LogP contribution in [0.2, 0.25) is 0 Å². The Kier molecular flexibility index (Phi) is 6.01. The molecule has 2 aromatic heterocycles. The van der Waals surface area contributed by atoms with Gasteiger partial charge in [-0.05, 0) is 45.7 Å². The molecule has 1 saturated carbocycles. The molecule has 174 valence electrons. The quantitative estimate of drug-likeness (QED) is 0.768. The van der Waals surface area contributed by atoms with E-state index in [1.54, 1.807) is 6.26 Å². The molecule has 2 fully saturated rings. The molecule has 0 aromatic carbocycles. The molecule has 1 saturated heterocycles. The number of amides is 2. The molecular formula is C25H36N4O3. The van der Waals surface area contributed by atoms with Crippen molar-refractivity contribution in [2.75, 3.05) is 26.2 Å². The molecule has 4 heterocycles. The number of furan rings is 1. The van der Waals surface area contributed by atoms with Crippen LogP contribution in [0.25, 0.3) is 11.1 Å². The minimum atomic E-state index is -0.920. The average Bonchev–Trinajstić information content (AvgIpc) is 3.28. The van der Waals surface area contributed by atoms with Gasteiger partial charge in [0.15, 0.2) is 5.58 Å². The van der Waals surface area contributed by atoms with Gasteiger partial charge in [0.25, 0.3) is 5.91 Å². The first-order valence-electron chi connectivity index (χ1n) is 12.5. The minimum absolute atomic E-state index is 0.0235. The number of rotatable bonds is 5. The summed E-state index contributed by atoms with van der Waals surface area (Å²) in [5.74, 6) is -0.0941. The van der Waals surface area contributed by atoms with Gasteiger partial charge in [-0.3, -0.25) is 9.59 Å². The molecule has 7 nitrogen and oxygen atoms in total. The Balaban J connectivity index is 1.42. The maximum Gasteiger partial charge on any atom is 0.271 e. The summed E-state index contributed by atoms with van der Waals surface area (Å²) in [7, 11) is 0. The molecule has 2 aromatic rings. The normalized spacial score (nSPS) is 25.7. The van der Waals surface area contributed by atoms with Gasteiger partial charge in [-0.15, -0.1) is 0 Å². The Morgan fingerprint density at radius 3 is 2.56 bits per heavy atom. The molecule has 1 aliphatic carbocycles. The van der Waals surface area contributed by atoms with Gasteiger partial charge in [-0.25, -0.2) is 0 Å². The average molecular weight is 441 g/mol. The first-order valence-corrected chi connectivity index (χ1v) is 12.5. The summed E-state index contributed by atoms with van der Waals surface area (Å²) in [5, 5.41) is 3.31. The lowest BCUT2D eigenvalue weighted by Crippen LogP contribution is -2.65. The van der Waals surface area contributed by atoms with Gasteiger partial charge >= 0.3 is 0 Å². The molecule has 32 heavy (non-hydrogen) atoms. The number of hydrogen-bond donors (Lipinski definition) is 1. The number of likely N-dealkylation sites (tertiary alicyclic amines) is 1. The third-order valence-corrected chi connectivity index (χ3v) is 7.82. The van der Waals surface area contributed by atoms with Gasteiger partial charge in [0, 0.05) is 31.3 Å². The minimum Gasteiger partial charge on any atom is -0.463 e. The van der Waals surface area contributed by atoms with Crippen molar-refractivity contribution in [2.45, 2.75) is 82.8 Å². The molecule has 2 amide bonds. The largest absolute Gasteiger partial charge is 0.463 e. The maximum atomic E-state index is 13.7. The van der Waals surface area contributed by atoms with Crippen molar-refractivity contribution < 1.29 is 14.0 Å². The van der Waals surface area contributed by atoms with Gasteiger partial charge in [0.1, 0.15) is 11.2 Å². The number of aromatic nitrogens is 1. The molecule has 5 rings (SSSR count). The molecule has 3 aliphatic rings. The molecule has 0 spiro atoms. The lowest BCUT2D eigenvalue weighted by Gasteiger charge is -2.45. The summed E-state index contributed by atoms with van der Waals surface area (Å²) in [4.78, 5) is 31.7. The molecule has 7 heteroatoms. The fourth-order valence-corrected chi connectivity index (χ4v) is 5.81. The van der Waals surface area contributed by atoms with Crippen LogP contribution in [-0.2, 0) is 11.3 Å². The summed E-state index contributed by atoms with van der Waals surface area (Å²) >= 11 is 0. The van der Waals surface area contributed by atoms with E-state index >= 15 is 0 Å². The van der Waals surface area contributed by atoms with E-state index < -0.39 is 5.54 Å². The van der Waals surface area contributed by atoms with Crippen LogP contribution in [-0.4, -0.2) is 63.9 Å². The van der Waals surface area contributed by atoms with Crippen LogP contribution in [0, 0.1) is 0 Å². The highest BCUT2D eigenvalue weighted by atomic mass is 16.3. The smallest absolute Gasteiger partial charge is 0.271 e. The number of nitrogens with one attached hydrogen (secondary N) is 1. The van der Waals surface area contributed by atoms with Gasteiger partial charge < -0.3 is 24.1 Å². The van der Waals surface area contributed by atoms with Gasteiger partial charge in [0.05, 0.1) is 18.3 Å². The number of hydrogen-bond acceptors (Lipinski definition) is 4. The van der Waals surface area contributed by atoms with Crippen LogP contribution in [0.4, 0.5) is 0 Å². The first kappa shape index (κ1) is 21.6. The summed E-state index contributed by atoms with van der Waals surface area (Å²) in [6, 6.07) is 3.93. The highest BCUT2D eigenvalue weighted by molar-refractivity contribution is 6.02. The Morgan fingerprint density at radius 2 is 1.81 bits per heavy atom. The van der Waals surface area contributed by atoms with E-state index in [0.29, 0.717) is 24.4 Å². The third-order valence-electron chi connectivity index (χ3n) is 7.82. The molecule has 1 N–H and O–H groups in total. The van der Waals surface area contributed by atoms with E-state index in [0.717, 1.165) is 50.8 Å². The fourth-order valence-electron chi connectivity index (χ4n) is 5.81. The Morgan fingerprint density at radius 1 is 1.09 bits per heavy atom. The van der Waals surface area contributed by atoms with Gasteiger partial charge in [0.2, 0.25) is 5.91 Å². The SMILES string of the molecule is CC1(C(=O)NC2CCCCC2)Cn2c(cc3occc32)C(=O)N1CCN1CCCCCC1. The molecule has 2 aliphatic heterocycles. The molecular weight excluding hydrogens is 404 g/mol. The zero-order valence-corrected chi connectivity index (χ0v) is 19.3. The van der Waals surface area contributed by atoms with Crippen LogP contribution in [0.3, 0.4) is 0 Å². The molecule has 1 atom stereocenters. The van der Waals surface area contributed by atoms with Crippen molar-refractivity contribution in [3.63, 3.8) is 0 Å². The van der Waals surface area contributed by atoms with Crippen molar-refractivity contribution in [1.29, 1.82) is 0 Å². The number of nitrogens with zero attached hydrogens (tertiary/aromatic N) is 3. The van der Waals surface area contributed by atoms with Gasteiger partial charge in [-0.1, -0.05) is 32.1 Å². The van der Waals surface area contributed by atoms with Crippen LogP contribution in [0.1, 0.15) is 75.2 Å². The van der Waals surface area contributed by atoms with E-state index in [4.69, 9.17) is 4.42 Å². The predicted molar refractivity (Wildman–Crippen MR) is 124 cm³/mol. The predicted octanol–water partition coefficient (Wildman–Crippen LogP) is 3.77. The van der Waals surface area contributed by atoms with Crippen molar-refractivity contribution in [3.8, 4) is 0 Å². The zero-order chi connectivity index (χ0) is 22.1. The molecule has 0 radical (unpaired) electrons. The van der Waals surface area contributed by atoms with Crippen molar-refractivity contribution in [3.05, 3.63) is 24.1 Å². The van der Waals surface area contributed by atoms with Crippen LogP contribution < -0.4 is 5.32 Å². The van der Waals surface area contributed by atoms with Crippen molar-refractivity contribution >= 4 is 22.9 Å². The summed E-state index contributed by atoms with van der Waals surface area (Å²) in [5.41, 5.74) is 1.30. The second-order valence-electron chi connectivity index (χ2n) is 10.1. The fraction of sp³-hybridized carbons (Fsp3) is 0.680. The maximum absolute atomic E-state index is 13.7. The van der Waals surface area contributed by atoms with Crippen LogP contribution in [0.15, 0.2) is 22.8 Å². The van der Waals surface area contributed by atoms with E-state index in [2.05, 4.69) is 10.2 Å². The van der Waals surface area contributed by atoms with E-state index in [9.17, 15) is 9.59 Å². The standard InChI is InChI=1S/C25H36N4O3/c1-25(24(31)26-19-9-5-4-6-10-19)18-28-20-11-16-32-22(20)17-21(28)23(30)29(25)15-14-27-12-7-2-3-8-13-27/h11,16-17,19H,2-10,12-15,18H2,1H3,(H,26,31). The summed E-state index contributed by atoms with van der Waals surface area (Å²) in [6.45, 7) is 5.94. The summed E-state index contributed by atoms with van der Waals surface area (Å²) < 4.78 is 7.55. The molecule has 1 unspecified atom stereocenters. The Labute approximate surface area is 190 Å². The molecule has 0 bridgehead atoms. The van der Waals surface area contributed by atoms with E-state index in [-0.39, 0.29) is 17.9 Å². The van der Waals surface area contributed by atoms with Crippen molar-refractivity contribution in [1.82, 2.24) is 19.7 Å². The van der Waals surface area contributed by atoms with Gasteiger partial charge in [-0.2, -0.15) is 0 Å². The second kappa shape index (κ2) is 8.93. The third kappa shape index (κ3) is 3.96. The number of carbonyl (C=O) groups excluding carboxylic acids is 2. The first-order chi connectivity index (χ1) is 15.6. The number of carbonyl (C=O) groups is 2. The Hall–Kier alpha value is -2.28. The van der Waals surface area contributed by atoms with Crippen LogP contribution >= 0.6 is 0 Å². The van der Waals surface area contributed by atoms with E-state index in [1.165, 1.54) is 32.1 Å². The second-order valence-corrected chi connectivity index (χ2v) is 10.1. The van der Waals surface area contributed by atoms with Crippen LogP contribution in [0.5, 0.6) is 0 Å². The lowest BCUT2D eigenvalue weighted by molar-refractivity contribution is -0.133. The lowest BCUT2D eigenvalue weighted by atomic mass is 9.91.